The zero-order valence-electron chi connectivity index (χ0n) is 11.6. The fourth-order valence-corrected chi connectivity index (χ4v) is 1.95. The standard InChI is InChI=1S/C15H16FNO3/c1-18-13-7-10(8-14(19-2)15(13)20-3)9-4-5-12(17)11(16)6-9/h4-8H,17H2,1-3H3. The van der Waals surface area contributed by atoms with Crippen molar-refractivity contribution >= 4 is 5.69 Å². The van der Waals surface area contributed by atoms with Crippen molar-refractivity contribution in [2.45, 2.75) is 0 Å². The van der Waals surface area contributed by atoms with Crippen molar-refractivity contribution in [3.05, 3.63) is 36.1 Å². The molecular weight excluding hydrogens is 261 g/mol. The molecule has 0 radical (unpaired) electrons. The molecule has 0 bridgehead atoms. The molecular formula is C15H16FNO3. The summed E-state index contributed by atoms with van der Waals surface area (Å²) in [6.07, 6.45) is 0. The molecule has 0 atom stereocenters. The van der Waals surface area contributed by atoms with E-state index in [0.29, 0.717) is 22.8 Å². The smallest absolute Gasteiger partial charge is 0.203 e. The van der Waals surface area contributed by atoms with E-state index < -0.39 is 5.82 Å². The lowest BCUT2D eigenvalue weighted by molar-refractivity contribution is 0.324. The van der Waals surface area contributed by atoms with Gasteiger partial charge in [-0.25, -0.2) is 4.39 Å². The highest BCUT2D eigenvalue weighted by Gasteiger charge is 2.14. The SMILES string of the molecule is COc1cc(-c2ccc(N)c(F)c2)cc(OC)c1OC. The van der Waals surface area contributed by atoms with Crippen LogP contribution in [0.5, 0.6) is 17.2 Å². The van der Waals surface area contributed by atoms with Crippen LogP contribution in [0.3, 0.4) is 0 Å². The number of ether oxygens (including phenoxy) is 3. The monoisotopic (exact) mass is 277 g/mol. The summed E-state index contributed by atoms with van der Waals surface area (Å²) in [4.78, 5) is 0. The lowest BCUT2D eigenvalue weighted by Crippen LogP contribution is -1.96. The number of hydrogen-bond acceptors (Lipinski definition) is 4. The lowest BCUT2D eigenvalue weighted by Gasteiger charge is -2.14. The van der Waals surface area contributed by atoms with Crippen molar-refractivity contribution < 1.29 is 18.6 Å². The minimum Gasteiger partial charge on any atom is -0.493 e. The number of rotatable bonds is 4. The third kappa shape index (κ3) is 2.47. The third-order valence-corrected chi connectivity index (χ3v) is 3.00. The molecule has 2 aromatic rings. The van der Waals surface area contributed by atoms with Crippen LogP contribution in [0, 0.1) is 5.82 Å². The summed E-state index contributed by atoms with van der Waals surface area (Å²) in [5.74, 6) is 1.06. The predicted molar refractivity (Wildman–Crippen MR) is 75.9 cm³/mol. The predicted octanol–water partition coefficient (Wildman–Crippen LogP) is 3.10. The highest BCUT2D eigenvalue weighted by Crippen LogP contribution is 2.41. The van der Waals surface area contributed by atoms with Gasteiger partial charge in [-0.3, -0.25) is 0 Å². The largest absolute Gasteiger partial charge is 0.493 e. The Labute approximate surface area is 116 Å². The second-order valence-electron chi connectivity index (χ2n) is 4.15. The molecule has 2 N–H and O–H groups in total. The number of benzene rings is 2. The number of methoxy groups -OCH3 is 3. The van der Waals surface area contributed by atoms with Crippen LogP contribution in [0.25, 0.3) is 11.1 Å². The van der Waals surface area contributed by atoms with E-state index in [2.05, 4.69) is 0 Å². The first-order chi connectivity index (χ1) is 9.60. The average molecular weight is 277 g/mol. The van der Waals surface area contributed by atoms with Gasteiger partial charge < -0.3 is 19.9 Å². The van der Waals surface area contributed by atoms with E-state index >= 15 is 0 Å². The highest BCUT2D eigenvalue weighted by molar-refractivity contribution is 5.72. The van der Waals surface area contributed by atoms with Crippen molar-refractivity contribution in [3.63, 3.8) is 0 Å². The van der Waals surface area contributed by atoms with Crippen LogP contribution < -0.4 is 19.9 Å². The maximum absolute atomic E-state index is 13.6. The summed E-state index contributed by atoms with van der Waals surface area (Å²) in [5.41, 5.74) is 7.02. The van der Waals surface area contributed by atoms with E-state index in [1.807, 2.05) is 0 Å². The summed E-state index contributed by atoms with van der Waals surface area (Å²) >= 11 is 0. The van der Waals surface area contributed by atoms with Gasteiger partial charge in [-0.15, -0.1) is 0 Å². The van der Waals surface area contributed by atoms with Gasteiger partial charge in [0.05, 0.1) is 27.0 Å². The van der Waals surface area contributed by atoms with Crippen LogP contribution in [0.1, 0.15) is 0 Å². The topological polar surface area (TPSA) is 53.7 Å². The second-order valence-corrected chi connectivity index (χ2v) is 4.15. The van der Waals surface area contributed by atoms with Gasteiger partial charge in [-0.1, -0.05) is 6.07 Å². The molecule has 4 nitrogen and oxygen atoms in total. The molecule has 2 aromatic carbocycles. The summed E-state index contributed by atoms with van der Waals surface area (Å²) in [7, 11) is 4.60. The number of halogens is 1. The third-order valence-electron chi connectivity index (χ3n) is 3.00. The minimum absolute atomic E-state index is 0.112. The summed E-state index contributed by atoms with van der Waals surface area (Å²) in [5, 5.41) is 0. The molecule has 0 saturated carbocycles. The normalized spacial score (nSPS) is 10.2. The van der Waals surface area contributed by atoms with Gasteiger partial charge in [0, 0.05) is 0 Å². The molecule has 0 heterocycles. The summed E-state index contributed by atoms with van der Waals surface area (Å²) in [6.45, 7) is 0. The molecule has 0 amide bonds. The van der Waals surface area contributed by atoms with Gasteiger partial charge in [-0.05, 0) is 35.4 Å². The Balaban J connectivity index is 2.59. The Morgan fingerprint density at radius 1 is 0.850 bits per heavy atom. The molecule has 106 valence electrons. The molecule has 0 aliphatic carbocycles. The molecule has 0 spiro atoms. The fraction of sp³-hybridized carbons (Fsp3) is 0.200. The van der Waals surface area contributed by atoms with Gasteiger partial charge in [0.25, 0.3) is 0 Å². The maximum Gasteiger partial charge on any atom is 0.203 e. The van der Waals surface area contributed by atoms with Gasteiger partial charge in [0.1, 0.15) is 5.82 Å². The van der Waals surface area contributed by atoms with Gasteiger partial charge >= 0.3 is 0 Å². The average Bonchev–Trinajstić information content (AvgIpc) is 2.48. The van der Waals surface area contributed by atoms with E-state index in [4.69, 9.17) is 19.9 Å². The highest BCUT2D eigenvalue weighted by atomic mass is 19.1. The summed E-state index contributed by atoms with van der Waals surface area (Å²) in [6, 6.07) is 8.14. The quantitative estimate of drug-likeness (QED) is 0.872. The molecule has 0 aromatic heterocycles. The molecule has 0 aliphatic heterocycles. The van der Waals surface area contributed by atoms with Gasteiger partial charge in [-0.2, -0.15) is 0 Å². The van der Waals surface area contributed by atoms with E-state index in [9.17, 15) is 4.39 Å². The first kappa shape index (κ1) is 14.0. The van der Waals surface area contributed by atoms with Crippen LogP contribution in [-0.4, -0.2) is 21.3 Å². The Kier molecular flexibility index (Phi) is 3.98. The van der Waals surface area contributed by atoms with E-state index in [-0.39, 0.29) is 5.69 Å². The van der Waals surface area contributed by atoms with Crippen LogP contribution in [0.15, 0.2) is 30.3 Å². The first-order valence-electron chi connectivity index (χ1n) is 5.96. The molecule has 0 unspecified atom stereocenters. The van der Waals surface area contributed by atoms with Crippen molar-refractivity contribution in [1.82, 2.24) is 0 Å². The second kappa shape index (κ2) is 5.69. The van der Waals surface area contributed by atoms with Crippen LogP contribution in [0.4, 0.5) is 10.1 Å². The number of nitrogens with two attached hydrogens (primary N) is 1. The number of nitrogen functional groups attached to an aromatic ring is 1. The van der Waals surface area contributed by atoms with E-state index in [1.165, 1.54) is 33.5 Å². The Morgan fingerprint density at radius 3 is 1.90 bits per heavy atom. The lowest BCUT2D eigenvalue weighted by atomic mass is 10.0. The minimum atomic E-state index is -0.462. The molecule has 5 heteroatoms. The van der Waals surface area contributed by atoms with Crippen molar-refractivity contribution in [2.75, 3.05) is 27.1 Å². The molecule has 0 aliphatic rings. The van der Waals surface area contributed by atoms with Crippen molar-refractivity contribution in [3.8, 4) is 28.4 Å². The number of hydrogen-bond donors (Lipinski definition) is 1. The summed E-state index contributed by atoms with van der Waals surface area (Å²) < 4.78 is 29.4. The van der Waals surface area contributed by atoms with Gasteiger partial charge in [0.15, 0.2) is 11.5 Å². The zero-order valence-corrected chi connectivity index (χ0v) is 11.6. The van der Waals surface area contributed by atoms with E-state index in [1.54, 1.807) is 18.2 Å². The Hall–Kier alpha value is -2.43. The zero-order chi connectivity index (χ0) is 14.7. The maximum atomic E-state index is 13.6. The molecule has 2 rings (SSSR count). The van der Waals surface area contributed by atoms with Crippen LogP contribution >= 0.6 is 0 Å². The first-order valence-corrected chi connectivity index (χ1v) is 5.96. The molecule has 0 saturated heterocycles. The Bertz CT molecular complexity index is 604. The van der Waals surface area contributed by atoms with E-state index in [0.717, 1.165) is 5.56 Å². The van der Waals surface area contributed by atoms with Crippen molar-refractivity contribution in [1.29, 1.82) is 0 Å². The van der Waals surface area contributed by atoms with Crippen molar-refractivity contribution in [2.24, 2.45) is 0 Å². The van der Waals surface area contributed by atoms with Crippen LogP contribution in [-0.2, 0) is 0 Å². The van der Waals surface area contributed by atoms with Crippen LogP contribution in [0.2, 0.25) is 0 Å². The molecule has 0 fully saturated rings. The van der Waals surface area contributed by atoms with Gasteiger partial charge in [0.2, 0.25) is 5.75 Å². The Morgan fingerprint density at radius 2 is 1.45 bits per heavy atom. The molecule has 20 heavy (non-hydrogen) atoms. The number of anilines is 1. The fourth-order valence-electron chi connectivity index (χ4n) is 1.95.